The SMILES string of the molecule is COc1cc(-c2ccc3nc(C)cn3n2)ccc1O. The monoisotopic (exact) mass is 255 g/mol. The van der Waals surface area contributed by atoms with Crippen LogP contribution in [0.25, 0.3) is 16.9 Å². The number of methoxy groups -OCH3 is 1. The Hall–Kier alpha value is -2.56. The quantitative estimate of drug-likeness (QED) is 0.764. The normalized spacial score (nSPS) is 10.8. The van der Waals surface area contributed by atoms with E-state index < -0.39 is 0 Å². The molecule has 5 heteroatoms. The molecule has 1 N–H and O–H groups in total. The maximum atomic E-state index is 9.60. The minimum atomic E-state index is 0.116. The molecule has 2 aromatic heterocycles. The maximum absolute atomic E-state index is 9.60. The van der Waals surface area contributed by atoms with Gasteiger partial charge in [0.1, 0.15) is 0 Å². The third-order valence-electron chi connectivity index (χ3n) is 2.92. The largest absolute Gasteiger partial charge is 0.504 e. The Morgan fingerprint density at radius 3 is 2.84 bits per heavy atom. The van der Waals surface area contributed by atoms with E-state index in [4.69, 9.17) is 4.74 Å². The van der Waals surface area contributed by atoms with E-state index in [9.17, 15) is 5.11 Å². The molecule has 0 spiro atoms. The molecule has 0 bridgehead atoms. The number of fused-ring (bicyclic) bond motifs is 1. The van der Waals surface area contributed by atoms with Crippen LogP contribution in [0.2, 0.25) is 0 Å². The summed E-state index contributed by atoms with van der Waals surface area (Å²) in [6.45, 7) is 1.93. The predicted octanol–water partition coefficient (Wildman–Crippen LogP) is 2.42. The van der Waals surface area contributed by atoms with Crippen molar-refractivity contribution < 1.29 is 9.84 Å². The molecule has 5 nitrogen and oxygen atoms in total. The van der Waals surface area contributed by atoms with Gasteiger partial charge < -0.3 is 9.84 Å². The summed E-state index contributed by atoms with van der Waals surface area (Å²) < 4.78 is 6.84. The Morgan fingerprint density at radius 1 is 1.21 bits per heavy atom. The van der Waals surface area contributed by atoms with Crippen LogP contribution in [-0.2, 0) is 0 Å². The first-order valence-electron chi connectivity index (χ1n) is 5.88. The molecule has 0 saturated carbocycles. The summed E-state index contributed by atoms with van der Waals surface area (Å²) in [7, 11) is 1.52. The molecule has 2 heterocycles. The number of aryl methyl sites for hydroxylation is 1. The zero-order valence-corrected chi connectivity index (χ0v) is 10.7. The Labute approximate surface area is 110 Å². The van der Waals surface area contributed by atoms with Crippen LogP contribution >= 0.6 is 0 Å². The smallest absolute Gasteiger partial charge is 0.161 e. The molecule has 0 radical (unpaired) electrons. The molecule has 0 saturated heterocycles. The first kappa shape index (κ1) is 11.5. The number of hydrogen-bond donors (Lipinski definition) is 1. The van der Waals surface area contributed by atoms with Gasteiger partial charge in [0.15, 0.2) is 17.1 Å². The second kappa shape index (κ2) is 4.28. The molecular formula is C14H13N3O2. The molecule has 0 amide bonds. The molecule has 0 aliphatic heterocycles. The van der Waals surface area contributed by atoms with E-state index in [0.29, 0.717) is 5.75 Å². The van der Waals surface area contributed by atoms with Crippen LogP contribution in [0.3, 0.4) is 0 Å². The topological polar surface area (TPSA) is 59.7 Å². The van der Waals surface area contributed by atoms with Crippen molar-refractivity contribution in [2.24, 2.45) is 0 Å². The van der Waals surface area contributed by atoms with Crippen molar-refractivity contribution in [2.45, 2.75) is 6.92 Å². The third kappa shape index (κ3) is 1.99. The number of phenolic OH excluding ortho intramolecular Hbond substituents is 1. The number of phenols is 1. The lowest BCUT2D eigenvalue weighted by Gasteiger charge is -2.06. The molecule has 96 valence electrons. The number of imidazole rings is 1. The van der Waals surface area contributed by atoms with Gasteiger partial charge >= 0.3 is 0 Å². The Kier molecular flexibility index (Phi) is 2.59. The number of hydrogen-bond acceptors (Lipinski definition) is 4. The highest BCUT2D eigenvalue weighted by molar-refractivity contribution is 5.64. The fourth-order valence-electron chi connectivity index (χ4n) is 1.99. The zero-order valence-electron chi connectivity index (χ0n) is 10.7. The zero-order chi connectivity index (χ0) is 13.4. The molecule has 3 rings (SSSR count). The van der Waals surface area contributed by atoms with Crippen LogP contribution in [0.15, 0.2) is 36.5 Å². The van der Waals surface area contributed by atoms with Crippen molar-refractivity contribution in [3.63, 3.8) is 0 Å². The standard InChI is InChI=1S/C14H13N3O2/c1-9-8-17-14(15-9)6-4-11(16-17)10-3-5-12(18)13(7-10)19-2/h3-8,18H,1-2H3. The summed E-state index contributed by atoms with van der Waals surface area (Å²) in [4.78, 5) is 4.33. The summed E-state index contributed by atoms with van der Waals surface area (Å²) in [5.41, 5.74) is 3.41. The van der Waals surface area contributed by atoms with Gasteiger partial charge in [0, 0.05) is 5.56 Å². The average molecular weight is 255 g/mol. The third-order valence-corrected chi connectivity index (χ3v) is 2.92. The number of ether oxygens (including phenoxy) is 1. The molecule has 0 aliphatic carbocycles. The maximum Gasteiger partial charge on any atom is 0.161 e. The van der Waals surface area contributed by atoms with Crippen molar-refractivity contribution in [1.82, 2.24) is 14.6 Å². The summed E-state index contributed by atoms with van der Waals surface area (Å²) in [5.74, 6) is 0.548. The van der Waals surface area contributed by atoms with Crippen molar-refractivity contribution in [2.75, 3.05) is 7.11 Å². The van der Waals surface area contributed by atoms with E-state index >= 15 is 0 Å². The van der Waals surface area contributed by atoms with Crippen molar-refractivity contribution in [3.05, 3.63) is 42.2 Å². The molecule has 1 aromatic carbocycles. The highest BCUT2D eigenvalue weighted by atomic mass is 16.5. The Balaban J connectivity index is 2.12. The van der Waals surface area contributed by atoms with Gasteiger partial charge in [-0.25, -0.2) is 9.50 Å². The number of aromatic nitrogens is 3. The molecule has 0 atom stereocenters. The fraction of sp³-hybridized carbons (Fsp3) is 0.143. The second-order valence-corrected chi connectivity index (χ2v) is 4.29. The highest BCUT2D eigenvalue weighted by Gasteiger charge is 2.07. The lowest BCUT2D eigenvalue weighted by atomic mass is 10.1. The van der Waals surface area contributed by atoms with Gasteiger partial charge in [-0.15, -0.1) is 0 Å². The van der Waals surface area contributed by atoms with E-state index in [-0.39, 0.29) is 5.75 Å². The second-order valence-electron chi connectivity index (χ2n) is 4.29. The van der Waals surface area contributed by atoms with Gasteiger partial charge in [-0.2, -0.15) is 5.10 Å². The first-order chi connectivity index (χ1) is 9.17. The van der Waals surface area contributed by atoms with Gasteiger partial charge in [0.2, 0.25) is 0 Å². The lowest BCUT2D eigenvalue weighted by Crippen LogP contribution is -1.93. The van der Waals surface area contributed by atoms with Crippen LogP contribution in [-0.4, -0.2) is 26.8 Å². The molecule has 0 fully saturated rings. The van der Waals surface area contributed by atoms with E-state index in [1.165, 1.54) is 7.11 Å². The summed E-state index contributed by atoms with van der Waals surface area (Å²) in [5, 5.41) is 14.1. The lowest BCUT2D eigenvalue weighted by molar-refractivity contribution is 0.373. The van der Waals surface area contributed by atoms with E-state index in [1.54, 1.807) is 22.7 Å². The summed E-state index contributed by atoms with van der Waals surface area (Å²) in [6.07, 6.45) is 1.87. The molecule has 0 aliphatic rings. The van der Waals surface area contributed by atoms with Crippen LogP contribution in [0, 0.1) is 6.92 Å². The van der Waals surface area contributed by atoms with Crippen molar-refractivity contribution in [3.8, 4) is 22.8 Å². The van der Waals surface area contributed by atoms with E-state index in [1.807, 2.05) is 25.3 Å². The fourth-order valence-corrected chi connectivity index (χ4v) is 1.99. The first-order valence-corrected chi connectivity index (χ1v) is 5.88. The number of rotatable bonds is 2. The molecular weight excluding hydrogens is 242 g/mol. The summed E-state index contributed by atoms with van der Waals surface area (Å²) in [6, 6.07) is 8.96. The number of aromatic hydroxyl groups is 1. The van der Waals surface area contributed by atoms with Crippen LogP contribution in [0.5, 0.6) is 11.5 Å². The van der Waals surface area contributed by atoms with Crippen molar-refractivity contribution in [1.29, 1.82) is 0 Å². The van der Waals surface area contributed by atoms with Gasteiger partial charge in [0.25, 0.3) is 0 Å². The van der Waals surface area contributed by atoms with Gasteiger partial charge in [0.05, 0.1) is 24.7 Å². The van der Waals surface area contributed by atoms with Gasteiger partial charge in [-0.1, -0.05) is 0 Å². The van der Waals surface area contributed by atoms with Gasteiger partial charge in [-0.3, -0.25) is 0 Å². The highest BCUT2D eigenvalue weighted by Crippen LogP contribution is 2.30. The van der Waals surface area contributed by atoms with E-state index in [2.05, 4.69) is 10.1 Å². The van der Waals surface area contributed by atoms with Crippen LogP contribution in [0.1, 0.15) is 5.69 Å². The molecule has 19 heavy (non-hydrogen) atoms. The average Bonchev–Trinajstić information content (AvgIpc) is 2.78. The van der Waals surface area contributed by atoms with E-state index in [0.717, 1.165) is 22.6 Å². The molecule has 0 unspecified atom stereocenters. The minimum Gasteiger partial charge on any atom is -0.504 e. The van der Waals surface area contributed by atoms with Gasteiger partial charge in [-0.05, 0) is 37.3 Å². The summed E-state index contributed by atoms with van der Waals surface area (Å²) >= 11 is 0. The van der Waals surface area contributed by atoms with Crippen LogP contribution < -0.4 is 4.74 Å². The Morgan fingerprint density at radius 2 is 2.05 bits per heavy atom. The molecule has 3 aromatic rings. The van der Waals surface area contributed by atoms with Crippen molar-refractivity contribution >= 4 is 5.65 Å². The predicted molar refractivity (Wildman–Crippen MR) is 71.4 cm³/mol. The minimum absolute atomic E-state index is 0.116. The Bertz CT molecular complexity index is 750. The number of nitrogens with zero attached hydrogens (tertiary/aromatic N) is 3. The number of benzene rings is 1. The van der Waals surface area contributed by atoms with Crippen LogP contribution in [0.4, 0.5) is 0 Å².